The molecular weight excluding hydrogens is 348 g/mol. The molecule has 0 N–H and O–H groups in total. The van der Waals surface area contributed by atoms with Gasteiger partial charge in [-0.2, -0.15) is 0 Å². The van der Waals surface area contributed by atoms with Gasteiger partial charge in [-0.05, 0) is 41.9 Å². The predicted octanol–water partition coefficient (Wildman–Crippen LogP) is 7.96. The van der Waals surface area contributed by atoms with E-state index in [0.29, 0.717) is 5.75 Å². The van der Waals surface area contributed by atoms with Gasteiger partial charge in [-0.15, -0.1) is 0 Å². The van der Waals surface area contributed by atoms with Crippen LogP contribution in [0.5, 0.6) is 5.75 Å². The molecule has 0 aliphatic heterocycles. The Balaban J connectivity index is 2.33. The zero-order valence-electron chi connectivity index (χ0n) is 19.1. The minimum atomic E-state index is -0.621. The van der Waals surface area contributed by atoms with Gasteiger partial charge >= 0.3 is 6.16 Å². The first kappa shape index (κ1) is 24.5. The van der Waals surface area contributed by atoms with Crippen molar-refractivity contribution in [3.05, 3.63) is 29.8 Å². The summed E-state index contributed by atoms with van der Waals surface area (Å²) >= 11 is 0. The molecule has 1 atom stereocenters. The molecule has 0 saturated heterocycles. The second kappa shape index (κ2) is 12.9. The summed E-state index contributed by atoms with van der Waals surface area (Å²) in [6.45, 7) is 12.6. The number of hydrogen-bond acceptors (Lipinski definition) is 3. The number of carbonyl (C=O) groups is 1. The van der Waals surface area contributed by atoms with Gasteiger partial charge in [0, 0.05) is 0 Å². The fraction of sp³-hybridized carbons (Fsp3) is 0.720. The van der Waals surface area contributed by atoms with Crippen molar-refractivity contribution in [2.75, 3.05) is 0 Å². The molecule has 1 aromatic rings. The van der Waals surface area contributed by atoms with Crippen molar-refractivity contribution in [2.45, 2.75) is 105 Å². The van der Waals surface area contributed by atoms with Gasteiger partial charge in [0.2, 0.25) is 0 Å². The van der Waals surface area contributed by atoms with Gasteiger partial charge in [0.25, 0.3) is 0 Å². The lowest BCUT2D eigenvalue weighted by atomic mass is 9.83. The number of unbranched alkanes of at least 4 members (excludes halogenated alkanes) is 7. The van der Waals surface area contributed by atoms with Gasteiger partial charge < -0.3 is 9.47 Å². The van der Waals surface area contributed by atoms with E-state index < -0.39 is 6.16 Å². The second-order valence-corrected chi connectivity index (χ2v) is 9.37. The Morgan fingerprint density at radius 1 is 0.893 bits per heavy atom. The first-order chi connectivity index (χ1) is 13.2. The van der Waals surface area contributed by atoms with Crippen LogP contribution in [-0.2, 0) is 11.2 Å². The summed E-state index contributed by atoms with van der Waals surface area (Å²) in [5.41, 5.74) is 1.17. The molecule has 0 saturated carbocycles. The number of hydrogen-bond donors (Lipinski definition) is 0. The van der Waals surface area contributed by atoms with Crippen molar-refractivity contribution in [2.24, 2.45) is 11.3 Å². The molecule has 1 unspecified atom stereocenters. The number of aryl methyl sites for hydroxylation is 1. The zero-order chi connectivity index (χ0) is 21.0. The first-order valence-electron chi connectivity index (χ1n) is 11.2. The Morgan fingerprint density at radius 2 is 1.43 bits per heavy atom. The molecule has 0 spiro atoms. The lowest BCUT2D eigenvalue weighted by molar-refractivity contribution is -0.0192. The van der Waals surface area contributed by atoms with Crippen LogP contribution in [0, 0.1) is 11.3 Å². The number of benzene rings is 1. The molecule has 3 heteroatoms. The topological polar surface area (TPSA) is 35.5 Å². The minimum absolute atomic E-state index is 0.118. The number of rotatable bonds is 12. The van der Waals surface area contributed by atoms with E-state index in [9.17, 15) is 4.79 Å². The summed E-state index contributed by atoms with van der Waals surface area (Å²) in [4.78, 5) is 12.2. The Hall–Kier alpha value is -1.51. The fourth-order valence-electron chi connectivity index (χ4n) is 3.72. The molecule has 0 aromatic heterocycles. The molecule has 0 aliphatic carbocycles. The Kier molecular flexibility index (Phi) is 11.3. The highest BCUT2D eigenvalue weighted by atomic mass is 16.7. The first-order valence-corrected chi connectivity index (χ1v) is 11.2. The highest BCUT2D eigenvalue weighted by molar-refractivity contribution is 5.64. The zero-order valence-corrected chi connectivity index (χ0v) is 19.1. The van der Waals surface area contributed by atoms with Crippen LogP contribution >= 0.6 is 0 Å². The summed E-state index contributed by atoms with van der Waals surface area (Å²) in [7, 11) is 0. The highest BCUT2D eigenvalue weighted by Gasteiger charge is 2.31. The molecule has 0 fully saturated rings. The van der Waals surface area contributed by atoms with Crippen LogP contribution in [0.25, 0.3) is 0 Å². The summed E-state index contributed by atoms with van der Waals surface area (Å²) in [5.74, 6) is 0.780. The average molecular weight is 391 g/mol. The Morgan fingerprint density at radius 3 is 1.93 bits per heavy atom. The quantitative estimate of drug-likeness (QED) is 0.206. The predicted molar refractivity (Wildman–Crippen MR) is 118 cm³/mol. The van der Waals surface area contributed by atoms with Gasteiger partial charge in [-0.3, -0.25) is 0 Å². The Labute approximate surface area is 173 Å². The fourth-order valence-corrected chi connectivity index (χ4v) is 3.72. The van der Waals surface area contributed by atoms with Crippen molar-refractivity contribution in [3.8, 4) is 5.75 Å². The highest BCUT2D eigenvalue weighted by Crippen LogP contribution is 2.28. The van der Waals surface area contributed by atoms with Crippen LogP contribution in [0.4, 0.5) is 4.79 Å². The summed E-state index contributed by atoms with van der Waals surface area (Å²) in [5, 5.41) is 0. The maximum absolute atomic E-state index is 12.2. The largest absolute Gasteiger partial charge is 0.514 e. The summed E-state index contributed by atoms with van der Waals surface area (Å²) < 4.78 is 11.0. The van der Waals surface area contributed by atoms with Crippen molar-refractivity contribution < 1.29 is 14.3 Å². The molecule has 0 amide bonds. The molecule has 0 radical (unpaired) electrons. The van der Waals surface area contributed by atoms with Crippen LogP contribution in [0.15, 0.2) is 24.3 Å². The molecule has 0 aliphatic rings. The van der Waals surface area contributed by atoms with Crippen molar-refractivity contribution in [1.82, 2.24) is 0 Å². The lowest BCUT2D eigenvalue weighted by Crippen LogP contribution is -2.36. The average Bonchev–Trinajstić information content (AvgIpc) is 2.62. The van der Waals surface area contributed by atoms with E-state index in [-0.39, 0.29) is 17.4 Å². The summed E-state index contributed by atoms with van der Waals surface area (Å²) in [6.07, 6.45) is 10.9. The van der Waals surface area contributed by atoms with Crippen LogP contribution in [-0.4, -0.2) is 12.3 Å². The lowest BCUT2D eigenvalue weighted by Gasteiger charge is -2.32. The van der Waals surface area contributed by atoms with E-state index in [1.54, 1.807) is 0 Å². The van der Waals surface area contributed by atoms with E-state index in [4.69, 9.17) is 9.47 Å². The molecule has 0 bridgehead atoms. The third kappa shape index (κ3) is 10.1. The van der Waals surface area contributed by atoms with Crippen molar-refractivity contribution in [3.63, 3.8) is 0 Å². The summed E-state index contributed by atoms with van der Waals surface area (Å²) in [6, 6.07) is 7.83. The molecule has 28 heavy (non-hydrogen) atoms. The van der Waals surface area contributed by atoms with Gasteiger partial charge in [0.1, 0.15) is 11.9 Å². The molecule has 160 valence electrons. The van der Waals surface area contributed by atoms with Gasteiger partial charge in [-0.1, -0.05) is 98.6 Å². The maximum Gasteiger partial charge on any atom is 0.514 e. The van der Waals surface area contributed by atoms with Crippen molar-refractivity contribution >= 4 is 6.16 Å². The van der Waals surface area contributed by atoms with Crippen LogP contribution in [0.1, 0.15) is 98.5 Å². The van der Waals surface area contributed by atoms with E-state index in [0.717, 1.165) is 6.42 Å². The Bertz CT molecular complexity index is 540. The van der Waals surface area contributed by atoms with Crippen molar-refractivity contribution in [1.29, 1.82) is 0 Å². The maximum atomic E-state index is 12.2. The van der Waals surface area contributed by atoms with E-state index in [1.165, 1.54) is 56.9 Å². The molecule has 1 rings (SSSR count). The molecule has 1 aromatic carbocycles. The van der Waals surface area contributed by atoms with Crippen LogP contribution < -0.4 is 4.74 Å². The molecule has 3 nitrogen and oxygen atoms in total. The second-order valence-electron chi connectivity index (χ2n) is 9.37. The molecular formula is C25H42O3. The standard InChI is InChI=1S/C25H42O3/c1-7-8-9-10-11-12-13-14-15-21-16-18-22(19-17-21)27-24(26)28-23(20(2)3)25(4,5)6/h16-20,23H,7-15H2,1-6H3. The van der Waals surface area contributed by atoms with Crippen LogP contribution in [0.3, 0.4) is 0 Å². The van der Waals surface area contributed by atoms with Gasteiger partial charge in [0.15, 0.2) is 0 Å². The molecule has 0 heterocycles. The third-order valence-corrected chi connectivity index (χ3v) is 5.13. The van der Waals surface area contributed by atoms with E-state index in [1.807, 2.05) is 24.3 Å². The SMILES string of the molecule is CCCCCCCCCCc1ccc(OC(=O)OC(C(C)C)C(C)(C)C)cc1. The van der Waals surface area contributed by atoms with Gasteiger partial charge in [0.05, 0.1) is 0 Å². The van der Waals surface area contributed by atoms with E-state index >= 15 is 0 Å². The van der Waals surface area contributed by atoms with Crippen LogP contribution in [0.2, 0.25) is 0 Å². The minimum Gasteiger partial charge on any atom is -0.430 e. The number of ether oxygens (including phenoxy) is 2. The number of carbonyl (C=O) groups excluding carboxylic acids is 1. The normalized spacial score (nSPS) is 12.8. The van der Waals surface area contributed by atoms with Gasteiger partial charge in [-0.25, -0.2) is 4.79 Å². The monoisotopic (exact) mass is 390 g/mol. The smallest absolute Gasteiger partial charge is 0.430 e. The third-order valence-electron chi connectivity index (χ3n) is 5.13. The van der Waals surface area contributed by atoms with E-state index in [2.05, 4.69) is 41.5 Å².